The van der Waals surface area contributed by atoms with E-state index >= 15 is 0 Å². The summed E-state index contributed by atoms with van der Waals surface area (Å²) in [6.07, 6.45) is 4.25. The van der Waals surface area contributed by atoms with Crippen molar-refractivity contribution in [3.05, 3.63) is 21.9 Å². The molecule has 2 heterocycles. The zero-order chi connectivity index (χ0) is 11.8. The van der Waals surface area contributed by atoms with Crippen molar-refractivity contribution in [2.45, 2.75) is 37.6 Å². The normalized spacial score (nSPS) is 28.2. The van der Waals surface area contributed by atoms with Gasteiger partial charge in [-0.25, -0.2) is 0 Å². The van der Waals surface area contributed by atoms with Gasteiger partial charge in [0.1, 0.15) is 0 Å². The Labute approximate surface area is 106 Å². The first-order valence-corrected chi connectivity index (χ1v) is 7.24. The highest BCUT2D eigenvalue weighted by Crippen LogP contribution is 2.36. The molecule has 2 N–H and O–H groups in total. The summed E-state index contributed by atoms with van der Waals surface area (Å²) in [5.74, 6) is 0.410. The molecule has 0 bridgehead atoms. The van der Waals surface area contributed by atoms with Gasteiger partial charge in [-0.05, 0) is 42.7 Å². The quantitative estimate of drug-likeness (QED) is 0.825. The van der Waals surface area contributed by atoms with E-state index in [0.29, 0.717) is 5.91 Å². The molecule has 0 radical (unpaired) electrons. The summed E-state index contributed by atoms with van der Waals surface area (Å²) in [5.41, 5.74) is 7.16. The molecule has 92 valence electrons. The number of hydrogen-bond donors (Lipinski definition) is 1. The third kappa shape index (κ3) is 2.00. The Morgan fingerprint density at radius 2 is 2.35 bits per heavy atom. The van der Waals surface area contributed by atoms with Crippen LogP contribution < -0.4 is 5.73 Å². The summed E-state index contributed by atoms with van der Waals surface area (Å²) in [5, 5.41) is 2.12. The fraction of sp³-hybridized carbons (Fsp3) is 0.615. The molecule has 1 aliphatic carbocycles. The van der Waals surface area contributed by atoms with Gasteiger partial charge < -0.3 is 10.6 Å². The minimum absolute atomic E-state index is 0.107. The van der Waals surface area contributed by atoms with Crippen LogP contribution in [0.15, 0.2) is 11.4 Å². The van der Waals surface area contributed by atoms with Crippen LogP contribution in [-0.2, 0) is 11.2 Å². The van der Waals surface area contributed by atoms with Gasteiger partial charge in [-0.15, -0.1) is 11.3 Å². The molecule has 0 spiro atoms. The maximum absolute atomic E-state index is 12.5. The average Bonchev–Trinajstić information content (AvgIpc) is 2.95. The Hall–Kier alpha value is -0.870. The number of hydrogen-bond acceptors (Lipinski definition) is 3. The second-order valence-electron chi connectivity index (χ2n) is 5.08. The average molecular weight is 250 g/mol. The van der Waals surface area contributed by atoms with Gasteiger partial charge in [-0.1, -0.05) is 0 Å². The summed E-state index contributed by atoms with van der Waals surface area (Å²) < 4.78 is 0. The Morgan fingerprint density at radius 1 is 1.47 bits per heavy atom. The molecule has 4 heteroatoms. The van der Waals surface area contributed by atoms with Crippen molar-refractivity contribution in [3.63, 3.8) is 0 Å². The lowest BCUT2D eigenvalue weighted by atomic mass is 9.87. The molecular weight excluding hydrogens is 232 g/mol. The van der Waals surface area contributed by atoms with E-state index in [4.69, 9.17) is 5.73 Å². The van der Waals surface area contributed by atoms with Crippen LogP contribution in [0.2, 0.25) is 0 Å². The largest absolute Gasteiger partial charge is 0.341 e. The highest BCUT2D eigenvalue weighted by molar-refractivity contribution is 7.10. The van der Waals surface area contributed by atoms with Crippen LogP contribution >= 0.6 is 11.3 Å². The molecule has 3 nitrogen and oxygen atoms in total. The van der Waals surface area contributed by atoms with E-state index in [1.807, 2.05) is 4.90 Å². The van der Waals surface area contributed by atoms with Crippen LogP contribution in [0.5, 0.6) is 0 Å². The molecule has 1 saturated heterocycles. The molecule has 1 aliphatic heterocycles. The van der Waals surface area contributed by atoms with E-state index in [1.54, 1.807) is 11.3 Å². The number of rotatable bonds is 1. The lowest BCUT2D eigenvalue weighted by Gasteiger charge is -2.26. The van der Waals surface area contributed by atoms with Crippen molar-refractivity contribution < 1.29 is 4.79 Å². The van der Waals surface area contributed by atoms with Gasteiger partial charge in [0.15, 0.2) is 0 Å². The molecule has 1 aromatic rings. The van der Waals surface area contributed by atoms with Crippen molar-refractivity contribution in [2.75, 3.05) is 13.1 Å². The summed E-state index contributed by atoms with van der Waals surface area (Å²) in [6, 6.07) is 2.32. The SMILES string of the molecule is N[C@H]1CCN(C(=O)C2CCCc3sccc32)C1. The number of carbonyl (C=O) groups excluding carboxylic acids is 1. The van der Waals surface area contributed by atoms with Crippen molar-refractivity contribution >= 4 is 17.2 Å². The van der Waals surface area contributed by atoms with Gasteiger partial charge in [0.2, 0.25) is 5.91 Å². The van der Waals surface area contributed by atoms with E-state index in [9.17, 15) is 4.79 Å². The van der Waals surface area contributed by atoms with E-state index in [1.165, 1.54) is 10.4 Å². The van der Waals surface area contributed by atoms with Gasteiger partial charge in [0.25, 0.3) is 0 Å². The van der Waals surface area contributed by atoms with Gasteiger partial charge in [-0.2, -0.15) is 0 Å². The zero-order valence-electron chi connectivity index (χ0n) is 9.89. The third-order valence-electron chi connectivity index (χ3n) is 3.89. The highest BCUT2D eigenvalue weighted by Gasteiger charge is 2.33. The van der Waals surface area contributed by atoms with Gasteiger partial charge in [0, 0.05) is 24.0 Å². The van der Waals surface area contributed by atoms with Crippen molar-refractivity contribution in [1.82, 2.24) is 4.90 Å². The predicted octanol–water partition coefficient (Wildman–Crippen LogP) is 1.73. The Balaban J connectivity index is 1.80. The van der Waals surface area contributed by atoms with Crippen molar-refractivity contribution in [1.29, 1.82) is 0 Å². The number of fused-ring (bicyclic) bond motifs is 1. The smallest absolute Gasteiger partial charge is 0.230 e. The molecule has 17 heavy (non-hydrogen) atoms. The molecule has 2 atom stereocenters. The van der Waals surface area contributed by atoms with Crippen LogP contribution in [0, 0.1) is 0 Å². The number of amides is 1. The standard InChI is InChI=1S/C13H18N2OS/c14-9-4-6-15(8-9)13(16)11-2-1-3-12-10(11)5-7-17-12/h5,7,9,11H,1-4,6,8,14H2/t9-,11?/m0/s1. The molecule has 3 rings (SSSR count). The van der Waals surface area contributed by atoms with Gasteiger partial charge in [-0.3, -0.25) is 4.79 Å². The second kappa shape index (κ2) is 4.42. The number of aryl methyl sites for hydroxylation is 1. The number of nitrogens with two attached hydrogens (primary N) is 1. The molecule has 2 aliphatic rings. The zero-order valence-corrected chi connectivity index (χ0v) is 10.7. The summed E-state index contributed by atoms with van der Waals surface area (Å²) >= 11 is 1.79. The molecule has 1 aromatic heterocycles. The van der Waals surface area contributed by atoms with Crippen molar-refractivity contribution in [2.24, 2.45) is 5.73 Å². The molecule has 1 fully saturated rings. The van der Waals surface area contributed by atoms with E-state index in [-0.39, 0.29) is 12.0 Å². The fourth-order valence-electron chi connectivity index (χ4n) is 2.95. The summed E-state index contributed by atoms with van der Waals surface area (Å²) in [7, 11) is 0. The predicted molar refractivity (Wildman–Crippen MR) is 69.2 cm³/mol. The van der Waals surface area contributed by atoms with E-state index < -0.39 is 0 Å². The number of likely N-dealkylation sites (tertiary alicyclic amines) is 1. The molecule has 1 amide bonds. The lowest BCUT2D eigenvalue weighted by molar-refractivity contribution is -0.132. The van der Waals surface area contributed by atoms with Gasteiger partial charge in [0.05, 0.1) is 5.92 Å². The maximum atomic E-state index is 12.5. The summed E-state index contributed by atoms with van der Waals surface area (Å²) in [4.78, 5) is 15.9. The van der Waals surface area contributed by atoms with Crippen molar-refractivity contribution in [3.8, 4) is 0 Å². The van der Waals surface area contributed by atoms with Crippen LogP contribution in [0.3, 0.4) is 0 Å². The lowest BCUT2D eigenvalue weighted by Crippen LogP contribution is -2.36. The van der Waals surface area contributed by atoms with Gasteiger partial charge >= 0.3 is 0 Å². The molecule has 1 unspecified atom stereocenters. The number of carbonyl (C=O) groups is 1. The highest BCUT2D eigenvalue weighted by atomic mass is 32.1. The first-order chi connectivity index (χ1) is 8.25. The maximum Gasteiger partial charge on any atom is 0.230 e. The molecule has 0 aromatic carbocycles. The summed E-state index contributed by atoms with van der Waals surface area (Å²) in [6.45, 7) is 1.59. The monoisotopic (exact) mass is 250 g/mol. The van der Waals surface area contributed by atoms with E-state index in [0.717, 1.165) is 38.8 Å². The Bertz CT molecular complexity index is 429. The van der Waals surface area contributed by atoms with Crippen LogP contribution in [0.25, 0.3) is 0 Å². The molecular formula is C13H18N2OS. The minimum atomic E-state index is 0.107. The van der Waals surface area contributed by atoms with E-state index in [2.05, 4.69) is 11.4 Å². The topological polar surface area (TPSA) is 46.3 Å². The third-order valence-corrected chi connectivity index (χ3v) is 4.88. The van der Waals surface area contributed by atoms with Crippen LogP contribution in [0.1, 0.15) is 35.6 Å². The first kappa shape index (κ1) is 11.2. The number of thiophene rings is 1. The van der Waals surface area contributed by atoms with Crippen LogP contribution in [0.4, 0.5) is 0 Å². The van der Waals surface area contributed by atoms with Crippen LogP contribution in [-0.4, -0.2) is 29.9 Å². The fourth-order valence-corrected chi connectivity index (χ4v) is 3.94. The second-order valence-corrected chi connectivity index (χ2v) is 6.08. The number of nitrogens with zero attached hydrogens (tertiary/aromatic N) is 1. The Morgan fingerprint density at radius 3 is 3.12 bits per heavy atom. The molecule has 0 saturated carbocycles. The minimum Gasteiger partial charge on any atom is -0.341 e. The Kier molecular flexibility index (Phi) is 2.92. The first-order valence-electron chi connectivity index (χ1n) is 6.36.